The number of hydrogen-bond acceptors (Lipinski definition) is 4. The minimum Gasteiger partial charge on any atom is -0.380 e. The second kappa shape index (κ2) is 4.72. The van der Waals surface area contributed by atoms with Gasteiger partial charge >= 0.3 is 0 Å². The molecule has 0 spiro atoms. The Balaban J connectivity index is 2.06. The highest BCUT2D eigenvalue weighted by Gasteiger charge is 2.19. The van der Waals surface area contributed by atoms with Gasteiger partial charge in [0.1, 0.15) is 0 Å². The van der Waals surface area contributed by atoms with Crippen molar-refractivity contribution in [3.8, 4) is 0 Å². The minimum atomic E-state index is 0.0404. The molecule has 1 aromatic heterocycles. The van der Waals surface area contributed by atoms with Crippen LogP contribution in [0.5, 0.6) is 0 Å². The van der Waals surface area contributed by atoms with E-state index in [2.05, 4.69) is 4.98 Å². The standard InChI is InChI=1S/C10H14N2O2S/c1-8-7-11-9(15-8)10(13)12-3-2-5-14-6-4-12/h7H,2-6H2,1H3. The summed E-state index contributed by atoms with van der Waals surface area (Å²) in [6.07, 6.45) is 2.66. The van der Waals surface area contributed by atoms with Gasteiger partial charge in [0.05, 0.1) is 6.61 Å². The molecule has 0 unspecified atom stereocenters. The maximum atomic E-state index is 12.0. The number of thiazole rings is 1. The van der Waals surface area contributed by atoms with E-state index in [1.54, 1.807) is 6.20 Å². The number of ether oxygens (including phenoxy) is 1. The maximum absolute atomic E-state index is 12.0. The molecule has 0 N–H and O–H groups in total. The summed E-state index contributed by atoms with van der Waals surface area (Å²) in [7, 11) is 0. The van der Waals surface area contributed by atoms with Crippen molar-refractivity contribution in [1.29, 1.82) is 0 Å². The summed E-state index contributed by atoms with van der Waals surface area (Å²) >= 11 is 1.45. The summed E-state index contributed by atoms with van der Waals surface area (Å²) in [5.74, 6) is 0.0404. The van der Waals surface area contributed by atoms with Crippen LogP contribution in [0.4, 0.5) is 0 Å². The summed E-state index contributed by atoms with van der Waals surface area (Å²) in [5, 5.41) is 0.592. The van der Waals surface area contributed by atoms with E-state index in [9.17, 15) is 4.79 Å². The summed E-state index contributed by atoms with van der Waals surface area (Å²) in [4.78, 5) is 19.0. The molecule has 1 amide bonds. The first-order valence-electron chi connectivity index (χ1n) is 5.07. The highest BCUT2D eigenvalue weighted by atomic mass is 32.1. The number of nitrogens with zero attached hydrogens (tertiary/aromatic N) is 2. The van der Waals surface area contributed by atoms with E-state index in [1.807, 2.05) is 11.8 Å². The number of carbonyl (C=O) groups excluding carboxylic acids is 1. The SMILES string of the molecule is Cc1cnc(C(=O)N2CCCOCC2)s1. The zero-order chi connectivity index (χ0) is 10.7. The molecule has 2 rings (SSSR count). The summed E-state index contributed by atoms with van der Waals surface area (Å²) in [6.45, 7) is 4.80. The average molecular weight is 226 g/mol. The van der Waals surface area contributed by atoms with Crippen LogP contribution in [0.2, 0.25) is 0 Å². The topological polar surface area (TPSA) is 42.4 Å². The zero-order valence-electron chi connectivity index (χ0n) is 8.73. The first kappa shape index (κ1) is 10.6. The van der Waals surface area contributed by atoms with Gasteiger partial charge in [0, 0.05) is 30.8 Å². The van der Waals surface area contributed by atoms with Gasteiger partial charge in [0.2, 0.25) is 0 Å². The van der Waals surface area contributed by atoms with Gasteiger partial charge in [-0.25, -0.2) is 4.98 Å². The second-order valence-electron chi connectivity index (χ2n) is 3.53. The van der Waals surface area contributed by atoms with Crippen LogP contribution in [0.3, 0.4) is 0 Å². The Kier molecular flexibility index (Phi) is 3.33. The molecule has 0 saturated carbocycles. The van der Waals surface area contributed by atoms with Crippen molar-refractivity contribution in [3.63, 3.8) is 0 Å². The molecule has 82 valence electrons. The third-order valence-electron chi connectivity index (χ3n) is 2.31. The predicted molar refractivity (Wildman–Crippen MR) is 58.2 cm³/mol. The Morgan fingerprint density at radius 3 is 3.13 bits per heavy atom. The maximum Gasteiger partial charge on any atom is 0.282 e. The lowest BCUT2D eigenvalue weighted by Crippen LogP contribution is -2.33. The predicted octanol–water partition coefficient (Wildman–Crippen LogP) is 1.31. The Labute approximate surface area is 92.9 Å². The van der Waals surface area contributed by atoms with Crippen molar-refractivity contribution in [2.24, 2.45) is 0 Å². The van der Waals surface area contributed by atoms with Crippen molar-refractivity contribution < 1.29 is 9.53 Å². The van der Waals surface area contributed by atoms with Crippen LogP contribution in [0.25, 0.3) is 0 Å². The van der Waals surface area contributed by atoms with E-state index >= 15 is 0 Å². The molecule has 1 aromatic rings. The van der Waals surface area contributed by atoms with Crippen LogP contribution in [0, 0.1) is 6.92 Å². The fourth-order valence-corrected chi connectivity index (χ4v) is 2.27. The molecular weight excluding hydrogens is 212 g/mol. The van der Waals surface area contributed by atoms with E-state index in [-0.39, 0.29) is 5.91 Å². The van der Waals surface area contributed by atoms with Crippen LogP contribution in [0.1, 0.15) is 21.1 Å². The highest BCUT2D eigenvalue weighted by Crippen LogP contribution is 2.14. The smallest absolute Gasteiger partial charge is 0.282 e. The number of rotatable bonds is 1. The average Bonchev–Trinajstić information content (AvgIpc) is 2.53. The Bertz CT molecular complexity index is 343. The number of amides is 1. The van der Waals surface area contributed by atoms with Crippen LogP contribution in [-0.4, -0.2) is 42.1 Å². The lowest BCUT2D eigenvalue weighted by molar-refractivity contribution is 0.0741. The molecule has 0 aliphatic carbocycles. The van der Waals surface area contributed by atoms with E-state index in [0.717, 1.165) is 24.4 Å². The van der Waals surface area contributed by atoms with E-state index in [1.165, 1.54) is 11.3 Å². The Morgan fingerprint density at radius 1 is 1.53 bits per heavy atom. The number of aryl methyl sites for hydroxylation is 1. The van der Waals surface area contributed by atoms with Gasteiger partial charge in [0.15, 0.2) is 5.01 Å². The van der Waals surface area contributed by atoms with Crippen LogP contribution in [-0.2, 0) is 4.74 Å². The van der Waals surface area contributed by atoms with Gasteiger partial charge in [-0.15, -0.1) is 11.3 Å². The van der Waals surface area contributed by atoms with Gasteiger partial charge in [-0.05, 0) is 13.3 Å². The molecule has 1 aliphatic heterocycles. The first-order valence-corrected chi connectivity index (χ1v) is 5.88. The van der Waals surface area contributed by atoms with Crippen LogP contribution < -0.4 is 0 Å². The zero-order valence-corrected chi connectivity index (χ0v) is 9.55. The molecule has 1 fully saturated rings. The van der Waals surface area contributed by atoms with Crippen molar-refractivity contribution in [2.75, 3.05) is 26.3 Å². The largest absolute Gasteiger partial charge is 0.380 e. The molecule has 1 aliphatic rings. The van der Waals surface area contributed by atoms with Crippen molar-refractivity contribution >= 4 is 17.2 Å². The summed E-state index contributed by atoms with van der Waals surface area (Å²) in [5.41, 5.74) is 0. The van der Waals surface area contributed by atoms with E-state index in [4.69, 9.17) is 4.74 Å². The van der Waals surface area contributed by atoms with Crippen LogP contribution >= 0.6 is 11.3 Å². The highest BCUT2D eigenvalue weighted by molar-refractivity contribution is 7.13. The van der Waals surface area contributed by atoms with Crippen molar-refractivity contribution in [3.05, 3.63) is 16.1 Å². The first-order chi connectivity index (χ1) is 7.27. The van der Waals surface area contributed by atoms with Gasteiger partial charge in [0.25, 0.3) is 5.91 Å². The van der Waals surface area contributed by atoms with Gasteiger partial charge < -0.3 is 9.64 Å². The van der Waals surface area contributed by atoms with E-state index < -0.39 is 0 Å². The molecule has 0 bridgehead atoms. The molecule has 4 nitrogen and oxygen atoms in total. The summed E-state index contributed by atoms with van der Waals surface area (Å²) < 4.78 is 5.31. The number of aromatic nitrogens is 1. The monoisotopic (exact) mass is 226 g/mol. The third-order valence-corrected chi connectivity index (χ3v) is 3.21. The lowest BCUT2D eigenvalue weighted by atomic mass is 10.4. The fraction of sp³-hybridized carbons (Fsp3) is 0.600. The molecular formula is C10H14N2O2S. The van der Waals surface area contributed by atoms with Crippen LogP contribution in [0.15, 0.2) is 6.20 Å². The van der Waals surface area contributed by atoms with Gasteiger partial charge in [-0.1, -0.05) is 0 Å². The van der Waals surface area contributed by atoms with E-state index in [0.29, 0.717) is 18.2 Å². The molecule has 1 saturated heterocycles. The van der Waals surface area contributed by atoms with Gasteiger partial charge in [-0.3, -0.25) is 4.79 Å². The molecule has 0 aromatic carbocycles. The molecule has 0 atom stereocenters. The normalized spacial score (nSPS) is 17.5. The molecule has 0 radical (unpaired) electrons. The number of carbonyl (C=O) groups is 1. The quantitative estimate of drug-likeness (QED) is 0.725. The van der Waals surface area contributed by atoms with Gasteiger partial charge in [-0.2, -0.15) is 0 Å². The number of hydrogen-bond donors (Lipinski definition) is 0. The van der Waals surface area contributed by atoms with Crippen molar-refractivity contribution in [1.82, 2.24) is 9.88 Å². The Morgan fingerprint density at radius 2 is 2.40 bits per heavy atom. The van der Waals surface area contributed by atoms with Crippen molar-refractivity contribution in [2.45, 2.75) is 13.3 Å². The summed E-state index contributed by atoms with van der Waals surface area (Å²) in [6, 6.07) is 0. The molecule has 5 heteroatoms. The lowest BCUT2D eigenvalue weighted by Gasteiger charge is -2.17. The second-order valence-corrected chi connectivity index (χ2v) is 4.77. The third kappa shape index (κ3) is 2.54. The fourth-order valence-electron chi connectivity index (χ4n) is 1.54. The minimum absolute atomic E-state index is 0.0404. The Hall–Kier alpha value is -0.940. The molecule has 2 heterocycles. The molecule has 15 heavy (non-hydrogen) atoms.